The maximum atomic E-state index is 12.2. The fourth-order valence-corrected chi connectivity index (χ4v) is 2.03. The fraction of sp³-hybridized carbons (Fsp3) is 0.533. The van der Waals surface area contributed by atoms with Crippen LogP contribution in [0.4, 0.5) is 0 Å². The van der Waals surface area contributed by atoms with Crippen molar-refractivity contribution in [3.8, 4) is 11.5 Å². The summed E-state index contributed by atoms with van der Waals surface area (Å²) in [5.41, 5.74) is 6.22. The third-order valence-electron chi connectivity index (χ3n) is 3.02. The van der Waals surface area contributed by atoms with Crippen LogP contribution in [0.5, 0.6) is 11.5 Å². The Morgan fingerprint density at radius 3 is 2.33 bits per heavy atom. The molecule has 3 N–H and O–H groups in total. The largest absolute Gasteiger partial charge is 0.493 e. The molecule has 1 unspecified atom stereocenters. The van der Waals surface area contributed by atoms with Gasteiger partial charge in [0, 0.05) is 18.2 Å². The molecule has 0 radical (unpaired) electrons. The van der Waals surface area contributed by atoms with Crippen molar-refractivity contribution in [2.24, 2.45) is 11.7 Å². The lowest BCUT2D eigenvalue weighted by atomic mass is 10.0. The highest BCUT2D eigenvalue weighted by Crippen LogP contribution is 2.27. The van der Waals surface area contributed by atoms with E-state index < -0.39 is 0 Å². The van der Waals surface area contributed by atoms with Crippen LogP contribution in [-0.2, 0) is 0 Å². The van der Waals surface area contributed by atoms with E-state index in [1.54, 1.807) is 32.4 Å². The number of benzene rings is 1. The van der Waals surface area contributed by atoms with E-state index in [-0.39, 0.29) is 24.4 Å². The van der Waals surface area contributed by atoms with Crippen molar-refractivity contribution in [1.82, 2.24) is 5.32 Å². The predicted molar refractivity (Wildman–Crippen MR) is 86.6 cm³/mol. The number of carbonyl (C=O) groups is 1. The number of carbonyl (C=O) groups excluding carboxylic acids is 1. The van der Waals surface area contributed by atoms with Crippen LogP contribution in [0, 0.1) is 5.92 Å². The van der Waals surface area contributed by atoms with Gasteiger partial charge in [-0.2, -0.15) is 0 Å². The van der Waals surface area contributed by atoms with Gasteiger partial charge in [0.2, 0.25) is 0 Å². The van der Waals surface area contributed by atoms with Gasteiger partial charge in [-0.05, 0) is 30.5 Å². The molecule has 0 aliphatic carbocycles. The third-order valence-corrected chi connectivity index (χ3v) is 3.02. The summed E-state index contributed by atoms with van der Waals surface area (Å²) in [4.78, 5) is 12.2. The third kappa shape index (κ3) is 5.81. The minimum Gasteiger partial charge on any atom is -0.493 e. The molecule has 0 aliphatic rings. The van der Waals surface area contributed by atoms with Gasteiger partial charge in [-0.1, -0.05) is 13.8 Å². The second-order valence-corrected chi connectivity index (χ2v) is 5.11. The first kappa shape index (κ1) is 19.5. The molecule has 1 rings (SSSR count). The van der Waals surface area contributed by atoms with Crippen molar-refractivity contribution in [2.75, 3.05) is 20.8 Å². The van der Waals surface area contributed by atoms with Crippen molar-refractivity contribution >= 4 is 18.3 Å². The smallest absolute Gasteiger partial charge is 0.251 e. The molecular weight excluding hydrogens is 292 g/mol. The monoisotopic (exact) mass is 316 g/mol. The zero-order chi connectivity index (χ0) is 15.1. The molecule has 0 saturated carbocycles. The highest BCUT2D eigenvalue weighted by atomic mass is 35.5. The molecule has 0 spiro atoms. The lowest BCUT2D eigenvalue weighted by Gasteiger charge is -2.19. The molecule has 0 bridgehead atoms. The zero-order valence-corrected chi connectivity index (χ0v) is 13.8. The minimum absolute atomic E-state index is 0. The second kappa shape index (κ2) is 9.47. The summed E-state index contributed by atoms with van der Waals surface area (Å²) in [5, 5.41) is 2.94. The number of amides is 1. The normalized spacial score (nSPS) is 11.5. The second-order valence-electron chi connectivity index (χ2n) is 5.11. The molecule has 21 heavy (non-hydrogen) atoms. The van der Waals surface area contributed by atoms with Gasteiger partial charge in [-0.25, -0.2) is 0 Å². The Bertz CT molecular complexity index is 453. The standard InChI is InChI=1S/C15H24N2O3.ClH/c1-10(2)7-12(9-16)17-15(18)11-5-6-13(19-3)14(8-11)20-4;/h5-6,8,10,12H,7,9,16H2,1-4H3,(H,17,18);1H. The maximum Gasteiger partial charge on any atom is 0.251 e. The van der Waals surface area contributed by atoms with E-state index in [0.29, 0.717) is 29.5 Å². The SMILES string of the molecule is COc1ccc(C(=O)NC(CN)CC(C)C)cc1OC.Cl. The van der Waals surface area contributed by atoms with Crippen molar-refractivity contribution < 1.29 is 14.3 Å². The maximum absolute atomic E-state index is 12.2. The predicted octanol–water partition coefficient (Wildman–Crippen LogP) is 2.23. The van der Waals surface area contributed by atoms with Crippen molar-refractivity contribution in [1.29, 1.82) is 0 Å². The van der Waals surface area contributed by atoms with Crippen molar-refractivity contribution in [3.63, 3.8) is 0 Å². The fourth-order valence-electron chi connectivity index (χ4n) is 2.03. The Morgan fingerprint density at radius 1 is 1.24 bits per heavy atom. The average Bonchev–Trinajstić information content (AvgIpc) is 2.45. The Morgan fingerprint density at radius 2 is 1.86 bits per heavy atom. The summed E-state index contributed by atoms with van der Waals surface area (Å²) >= 11 is 0. The van der Waals surface area contributed by atoms with Crippen LogP contribution in [-0.4, -0.2) is 32.7 Å². The quantitative estimate of drug-likeness (QED) is 0.809. The molecule has 1 aromatic carbocycles. The summed E-state index contributed by atoms with van der Waals surface area (Å²) in [6.07, 6.45) is 0.857. The molecular formula is C15H25ClN2O3. The summed E-state index contributed by atoms with van der Waals surface area (Å²) in [7, 11) is 3.10. The summed E-state index contributed by atoms with van der Waals surface area (Å²) < 4.78 is 10.3. The first-order valence-corrected chi connectivity index (χ1v) is 6.74. The first-order chi connectivity index (χ1) is 9.51. The summed E-state index contributed by atoms with van der Waals surface area (Å²) in [5.74, 6) is 1.46. The minimum atomic E-state index is -0.151. The van der Waals surface area contributed by atoms with E-state index in [9.17, 15) is 4.79 Å². The van der Waals surface area contributed by atoms with Crippen LogP contribution < -0.4 is 20.5 Å². The molecule has 1 atom stereocenters. The van der Waals surface area contributed by atoms with Crippen molar-refractivity contribution in [2.45, 2.75) is 26.3 Å². The van der Waals surface area contributed by atoms with Crippen LogP contribution in [0.2, 0.25) is 0 Å². The van der Waals surface area contributed by atoms with Gasteiger partial charge in [0.15, 0.2) is 11.5 Å². The van der Waals surface area contributed by atoms with Crippen LogP contribution in [0.1, 0.15) is 30.6 Å². The van der Waals surface area contributed by atoms with E-state index in [1.807, 2.05) is 0 Å². The van der Waals surface area contributed by atoms with Gasteiger partial charge in [0.25, 0.3) is 5.91 Å². The molecule has 120 valence electrons. The van der Waals surface area contributed by atoms with E-state index in [4.69, 9.17) is 15.2 Å². The van der Waals surface area contributed by atoms with Gasteiger partial charge in [-0.15, -0.1) is 12.4 Å². The number of hydrogen-bond donors (Lipinski definition) is 2. The Kier molecular flexibility index (Phi) is 8.81. The molecule has 5 nitrogen and oxygen atoms in total. The van der Waals surface area contributed by atoms with Gasteiger partial charge in [0.1, 0.15) is 0 Å². The molecule has 6 heteroatoms. The van der Waals surface area contributed by atoms with Crippen molar-refractivity contribution in [3.05, 3.63) is 23.8 Å². The average molecular weight is 317 g/mol. The van der Waals surface area contributed by atoms with Gasteiger partial charge < -0.3 is 20.5 Å². The lowest BCUT2D eigenvalue weighted by molar-refractivity contribution is 0.0933. The van der Waals surface area contributed by atoms with Crippen LogP contribution >= 0.6 is 12.4 Å². The molecule has 0 aromatic heterocycles. The molecule has 0 aliphatic heterocycles. The van der Waals surface area contributed by atoms with Gasteiger partial charge >= 0.3 is 0 Å². The molecule has 0 heterocycles. The Labute approximate surface area is 132 Å². The molecule has 0 fully saturated rings. The highest BCUT2D eigenvalue weighted by Gasteiger charge is 2.15. The molecule has 1 amide bonds. The van der Waals surface area contributed by atoms with Gasteiger partial charge in [0.05, 0.1) is 14.2 Å². The highest BCUT2D eigenvalue weighted by molar-refractivity contribution is 5.95. The summed E-state index contributed by atoms with van der Waals surface area (Å²) in [6, 6.07) is 5.07. The Hall–Kier alpha value is -1.46. The molecule has 0 saturated heterocycles. The zero-order valence-electron chi connectivity index (χ0n) is 13.0. The number of nitrogens with two attached hydrogens (primary N) is 1. The Balaban J connectivity index is 0.00000400. The van der Waals surface area contributed by atoms with Crippen LogP contribution in [0.25, 0.3) is 0 Å². The summed E-state index contributed by atoms with van der Waals surface area (Å²) in [6.45, 7) is 4.63. The molecule has 1 aromatic rings. The topological polar surface area (TPSA) is 73.6 Å². The number of rotatable bonds is 7. The van der Waals surface area contributed by atoms with E-state index in [2.05, 4.69) is 19.2 Å². The first-order valence-electron chi connectivity index (χ1n) is 6.74. The van der Waals surface area contributed by atoms with Crippen LogP contribution in [0.15, 0.2) is 18.2 Å². The lowest BCUT2D eigenvalue weighted by Crippen LogP contribution is -2.41. The van der Waals surface area contributed by atoms with E-state index in [0.717, 1.165) is 6.42 Å². The number of methoxy groups -OCH3 is 2. The van der Waals surface area contributed by atoms with Gasteiger partial charge in [-0.3, -0.25) is 4.79 Å². The van der Waals surface area contributed by atoms with Crippen LogP contribution in [0.3, 0.4) is 0 Å². The number of hydrogen-bond acceptors (Lipinski definition) is 4. The number of ether oxygens (including phenoxy) is 2. The van der Waals surface area contributed by atoms with E-state index in [1.165, 1.54) is 0 Å². The van der Waals surface area contributed by atoms with E-state index >= 15 is 0 Å². The number of nitrogens with one attached hydrogen (secondary N) is 1. The number of halogens is 1.